The van der Waals surface area contributed by atoms with Gasteiger partial charge in [0, 0.05) is 12.6 Å². The fraction of sp³-hybridized carbons (Fsp3) is 0.462. The third-order valence-electron chi connectivity index (χ3n) is 3.25. The molecule has 17 heavy (non-hydrogen) atoms. The van der Waals surface area contributed by atoms with Crippen LogP contribution >= 0.6 is 0 Å². The lowest BCUT2D eigenvalue weighted by Gasteiger charge is -2.29. The first kappa shape index (κ1) is 12.0. The molecular formula is C13H16FNO2. The first-order chi connectivity index (χ1) is 8.22. The van der Waals surface area contributed by atoms with Gasteiger partial charge in [-0.3, -0.25) is 9.69 Å². The van der Waals surface area contributed by atoms with Crippen molar-refractivity contribution in [3.63, 3.8) is 0 Å². The van der Waals surface area contributed by atoms with E-state index in [9.17, 15) is 9.18 Å². The molecular weight excluding hydrogens is 221 g/mol. The van der Waals surface area contributed by atoms with E-state index in [1.165, 1.54) is 6.07 Å². The summed E-state index contributed by atoms with van der Waals surface area (Å²) in [4.78, 5) is 12.4. The highest BCUT2D eigenvalue weighted by molar-refractivity contribution is 5.37. The molecule has 3 nitrogen and oxygen atoms in total. The van der Waals surface area contributed by atoms with E-state index in [0.717, 1.165) is 24.9 Å². The zero-order valence-electron chi connectivity index (χ0n) is 9.80. The van der Waals surface area contributed by atoms with Gasteiger partial charge in [-0.25, -0.2) is 4.39 Å². The van der Waals surface area contributed by atoms with Gasteiger partial charge in [0.15, 0.2) is 6.23 Å². The number of carbonyl (C=O) groups is 1. The zero-order valence-corrected chi connectivity index (χ0v) is 9.80. The lowest BCUT2D eigenvalue weighted by molar-refractivity contribution is -0.142. The third-order valence-corrected chi connectivity index (χ3v) is 3.25. The van der Waals surface area contributed by atoms with Gasteiger partial charge in [-0.1, -0.05) is 12.1 Å². The topological polar surface area (TPSA) is 29.5 Å². The Morgan fingerprint density at radius 2 is 2.41 bits per heavy atom. The molecule has 1 aliphatic heterocycles. The molecule has 1 fully saturated rings. The van der Waals surface area contributed by atoms with Gasteiger partial charge in [0.25, 0.3) is 6.47 Å². The van der Waals surface area contributed by atoms with Gasteiger partial charge in [-0.15, -0.1) is 0 Å². The SMILES string of the molecule is CC(OC=O)N1CCC[C@@H]1c1cccc(F)c1. The smallest absolute Gasteiger partial charge is 0.294 e. The molecule has 0 N–H and O–H groups in total. The largest absolute Gasteiger partial charge is 0.449 e. The first-order valence-corrected chi connectivity index (χ1v) is 5.82. The maximum Gasteiger partial charge on any atom is 0.294 e. The van der Waals surface area contributed by atoms with E-state index in [-0.39, 0.29) is 18.1 Å². The van der Waals surface area contributed by atoms with Crippen LogP contribution in [0.25, 0.3) is 0 Å². The summed E-state index contributed by atoms with van der Waals surface area (Å²) >= 11 is 0. The van der Waals surface area contributed by atoms with E-state index in [0.29, 0.717) is 6.47 Å². The molecule has 2 rings (SSSR count). The number of hydrogen-bond donors (Lipinski definition) is 0. The average molecular weight is 237 g/mol. The van der Waals surface area contributed by atoms with Gasteiger partial charge in [0.2, 0.25) is 0 Å². The molecule has 1 aromatic rings. The van der Waals surface area contributed by atoms with Crippen molar-refractivity contribution in [1.29, 1.82) is 0 Å². The van der Waals surface area contributed by atoms with Crippen molar-refractivity contribution >= 4 is 6.47 Å². The van der Waals surface area contributed by atoms with Gasteiger partial charge >= 0.3 is 0 Å². The van der Waals surface area contributed by atoms with Crippen molar-refractivity contribution < 1.29 is 13.9 Å². The van der Waals surface area contributed by atoms with Crippen molar-refractivity contribution in [2.75, 3.05) is 6.54 Å². The van der Waals surface area contributed by atoms with Crippen LogP contribution in [0.1, 0.15) is 31.4 Å². The van der Waals surface area contributed by atoms with Crippen molar-refractivity contribution in [2.45, 2.75) is 32.0 Å². The van der Waals surface area contributed by atoms with Crippen molar-refractivity contribution in [3.8, 4) is 0 Å². The number of hydrogen-bond acceptors (Lipinski definition) is 3. The Bertz CT molecular complexity index is 397. The van der Waals surface area contributed by atoms with Crippen LogP contribution in [0.15, 0.2) is 24.3 Å². The van der Waals surface area contributed by atoms with Crippen molar-refractivity contribution in [3.05, 3.63) is 35.6 Å². The van der Waals surface area contributed by atoms with Crippen molar-refractivity contribution in [1.82, 2.24) is 4.90 Å². The van der Waals surface area contributed by atoms with E-state index in [1.54, 1.807) is 12.1 Å². The van der Waals surface area contributed by atoms with Crippen LogP contribution < -0.4 is 0 Å². The second-order valence-corrected chi connectivity index (χ2v) is 4.28. The van der Waals surface area contributed by atoms with Gasteiger partial charge in [-0.2, -0.15) is 0 Å². The molecule has 92 valence electrons. The molecule has 0 aliphatic carbocycles. The van der Waals surface area contributed by atoms with Crippen LogP contribution in [0.4, 0.5) is 4.39 Å². The normalized spacial score (nSPS) is 22.4. The molecule has 4 heteroatoms. The van der Waals surface area contributed by atoms with E-state index < -0.39 is 0 Å². The summed E-state index contributed by atoms with van der Waals surface area (Å²) < 4.78 is 18.2. The van der Waals surface area contributed by atoms with Crippen molar-refractivity contribution in [2.24, 2.45) is 0 Å². The molecule has 1 aliphatic rings. The second kappa shape index (κ2) is 5.27. The van der Waals surface area contributed by atoms with E-state index in [1.807, 2.05) is 13.0 Å². The van der Waals surface area contributed by atoms with Crippen LogP contribution in [-0.4, -0.2) is 24.1 Å². The molecule has 1 unspecified atom stereocenters. The van der Waals surface area contributed by atoms with Crippen LogP contribution in [0.5, 0.6) is 0 Å². The van der Waals surface area contributed by atoms with Gasteiger partial charge < -0.3 is 4.74 Å². The number of ether oxygens (including phenoxy) is 1. The monoisotopic (exact) mass is 237 g/mol. The molecule has 0 saturated carbocycles. The predicted octanol–water partition coefficient (Wildman–Crippen LogP) is 2.48. The summed E-state index contributed by atoms with van der Waals surface area (Å²) in [5.41, 5.74) is 0.948. The molecule has 0 bridgehead atoms. The fourth-order valence-electron chi connectivity index (χ4n) is 2.45. The lowest BCUT2D eigenvalue weighted by Crippen LogP contribution is -2.34. The van der Waals surface area contributed by atoms with E-state index >= 15 is 0 Å². The summed E-state index contributed by atoms with van der Waals surface area (Å²) in [6.45, 7) is 3.17. The Morgan fingerprint density at radius 3 is 3.12 bits per heavy atom. The Kier molecular flexibility index (Phi) is 3.74. The molecule has 1 aromatic carbocycles. The zero-order chi connectivity index (χ0) is 12.3. The average Bonchev–Trinajstić information content (AvgIpc) is 2.78. The Hall–Kier alpha value is -1.42. The standard InChI is InChI=1S/C13H16FNO2/c1-10(17-9-16)15-7-3-6-13(15)11-4-2-5-12(14)8-11/h2,4-5,8-10,13H,3,6-7H2,1H3/t10?,13-/m1/s1. The summed E-state index contributed by atoms with van der Waals surface area (Å²) in [5, 5.41) is 0. The minimum atomic E-state index is -0.261. The summed E-state index contributed by atoms with van der Waals surface area (Å²) in [6, 6.07) is 6.76. The summed E-state index contributed by atoms with van der Waals surface area (Å²) in [7, 11) is 0. The highest BCUT2D eigenvalue weighted by Crippen LogP contribution is 2.33. The second-order valence-electron chi connectivity index (χ2n) is 4.28. The highest BCUT2D eigenvalue weighted by Gasteiger charge is 2.30. The molecule has 1 saturated heterocycles. The lowest BCUT2D eigenvalue weighted by atomic mass is 10.0. The maximum atomic E-state index is 13.2. The van der Waals surface area contributed by atoms with E-state index in [4.69, 9.17) is 4.74 Å². The maximum absolute atomic E-state index is 13.2. The molecule has 0 spiro atoms. The quantitative estimate of drug-likeness (QED) is 0.753. The minimum Gasteiger partial charge on any atom is -0.449 e. The van der Waals surface area contributed by atoms with Gasteiger partial charge in [0.05, 0.1) is 0 Å². The summed E-state index contributed by atoms with van der Waals surface area (Å²) in [6.07, 6.45) is 1.74. The van der Waals surface area contributed by atoms with Gasteiger partial charge in [-0.05, 0) is 37.5 Å². The van der Waals surface area contributed by atoms with Crippen LogP contribution in [-0.2, 0) is 9.53 Å². The van der Waals surface area contributed by atoms with E-state index in [2.05, 4.69) is 4.90 Å². The van der Waals surface area contributed by atoms with Gasteiger partial charge in [0.1, 0.15) is 5.82 Å². The predicted molar refractivity (Wildman–Crippen MR) is 61.7 cm³/mol. The fourth-order valence-corrected chi connectivity index (χ4v) is 2.45. The highest BCUT2D eigenvalue weighted by atomic mass is 19.1. The van der Waals surface area contributed by atoms with Crippen LogP contribution in [0.3, 0.4) is 0 Å². The van der Waals surface area contributed by atoms with Crippen LogP contribution in [0, 0.1) is 5.82 Å². The molecule has 0 radical (unpaired) electrons. The Balaban J connectivity index is 2.16. The molecule has 2 atom stereocenters. The molecule has 1 heterocycles. The Morgan fingerprint density at radius 1 is 1.59 bits per heavy atom. The number of benzene rings is 1. The number of likely N-dealkylation sites (tertiary alicyclic amines) is 1. The Labute approximate surface area is 100 Å². The first-order valence-electron chi connectivity index (χ1n) is 5.82. The molecule has 0 aromatic heterocycles. The summed E-state index contributed by atoms with van der Waals surface area (Å²) in [5.74, 6) is -0.224. The third kappa shape index (κ3) is 2.64. The minimum absolute atomic E-state index is 0.139. The molecule has 0 amide bonds. The number of carbonyl (C=O) groups excluding carboxylic acids is 1. The number of nitrogens with zero attached hydrogens (tertiary/aromatic N) is 1. The number of rotatable bonds is 4. The van der Waals surface area contributed by atoms with Crippen LogP contribution in [0.2, 0.25) is 0 Å². The number of halogens is 1.